The fourth-order valence-corrected chi connectivity index (χ4v) is 5.39. The number of aliphatic hydroxyl groups excluding tert-OH is 2. The Morgan fingerprint density at radius 3 is 2.64 bits per heavy atom. The molecule has 42 heavy (non-hydrogen) atoms. The molecule has 3 saturated heterocycles. The summed E-state index contributed by atoms with van der Waals surface area (Å²) < 4.78 is 12.6. The molecule has 5 atom stereocenters. The lowest BCUT2D eigenvalue weighted by atomic mass is 9.94. The Morgan fingerprint density at radius 2 is 1.95 bits per heavy atom. The molecule has 0 bridgehead atoms. The first kappa shape index (κ1) is 28.1. The van der Waals surface area contributed by atoms with Crippen LogP contribution < -0.4 is 11.1 Å². The number of fused-ring (bicyclic) bond motifs is 1. The maximum absolute atomic E-state index is 12.5. The molecule has 1 unspecified atom stereocenters. The zero-order valence-corrected chi connectivity index (χ0v) is 23.2. The minimum atomic E-state index is -1.42. The van der Waals surface area contributed by atoms with Crippen molar-refractivity contribution in [3.05, 3.63) is 12.2 Å². The molecule has 15 nitrogen and oxygen atoms in total. The maximum atomic E-state index is 12.5. The van der Waals surface area contributed by atoms with Crippen LogP contribution in [0, 0.1) is 17.8 Å². The minimum Gasteiger partial charge on any atom is -0.447 e. The van der Waals surface area contributed by atoms with E-state index in [0.29, 0.717) is 25.9 Å². The molecule has 4 fully saturated rings. The Balaban J connectivity index is 1.05. The van der Waals surface area contributed by atoms with E-state index in [0.717, 1.165) is 25.7 Å². The minimum absolute atomic E-state index is 0.0407. The van der Waals surface area contributed by atoms with Crippen LogP contribution in [0.1, 0.15) is 50.6 Å². The number of nitrogen functional groups attached to an aromatic ring is 1. The van der Waals surface area contributed by atoms with Crippen molar-refractivity contribution in [2.24, 2.45) is 5.92 Å². The Hall–Kier alpha value is -4.00. The van der Waals surface area contributed by atoms with E-state index in [4.69, 9.17) is 15.2 Å². The zero-order chi connectivity index (χ0) is 29.5. The molecule has 3 aliphatic heterocycles. The third kappa shape index (κ3) is 5.57. The average Bonchev–Trinajstić information content (AvgIpc) is 3.62. The van der Waals surface area contributed by atoms with Gasteiger partial charge in [0.05, 0.1) is 18.8 Å². The number of anilines is 1. The van der Waals surface area contributed by atoms with Gasteiger partial charge in [0.15, 0.2) is 23.8 Å². The highest BCUT2D eigenvalue weighted by Crippen LogP contribution is 2.33. The fourth-order valence-electron chi connectivity index (χ4n) is 5.39. The summed E-state index contributed by atoms with van der Waals surface area (Å²) in [5.74, 6) is 6.19. The third-order valence-corrected chi connectivity index (χ3v) is 8.36. The molecule has 4 aliphatic rings. The number of carbonyl (C=O) groups is 3. The van der Waals surface area contributed by atoms with Crippen molar-refractivity contribution in [3.63, 3.8) is 0 Å². The van der Waals surface area contributed by atoms with Gasteiger partial charge in [-0.2, -0.15) is 0 Å². The number of likely N-dealkylation sites (tertiary alicyclic amines) is 2. The number of nitrogens with one attached hydrogen (secondary N) is 1. The number of piperidine rings is 1. The van der Waals surface area contributed by atoms with Gasteiger partial charge in [0.25, 0.3) is 5.91 Å². The van der Waals surface area contributed by atoms with Gasteiger partial charge in [-0.25, -0.2) is 19.7 Å². The lowest BCUT2D eigenvalue weighted by Crippen LogP contribution is -2.53. The highest BCUT2D eigenvalue weighted by molar-refractivity contribution is 5.84. The number of rotatable bonds is 6. The molecule has 5 heterocycles. The predicted molar refractivity (Wildman–Crippen MR) is 145 cm³/mol. The molecule has 2 aromatic rings. The summed E-state index contributed by atoms with van der Waals surface area (Å²) in [6.07, 6.45) is 0.146. The van der Waals surface area contributed by atoms with Crippen LogP contribution in [0.25, 0.3) is 11.2 Å². The second-order valence-corrected chi connectivity index (χ2v) is 11.3. The average molecular weight is 583 g/mol. The van der Waals surface area contributed by atoms with Crippen LogP contribution in [-0.2, 0) is 19.1 Å². The smallest absolute Gasteiger partial charge is 0.409 e. The molecule has 3 amide bonds. The molecule has 6 rings (SSSR count). The molecule has 0 spiro atoms. The molecular weight excluding hydrogens is 548 g/mol. The van der Waals surface area contributed by atoms with E-state index in [2.05, 4.69) is 32.1 Å². The number of β-lactam (4-membered cyclic amide) rings is 1. The van der Waals surface area contributed by atoms with E-state index in [1.165, 1.54) is 10.9 Å². The number of likely N-dealkylation sites (N-methyl/N-ethyl adjacent to an activating group) is 1. The number of ether oxygens (including phenoxy) is 2. The van der Waals surface area contributed by atoms with E-state index in [1.807, 2.05) is 0 Å². The molecule has 1 aliphatic carbocycles. The summed E-state index contributed by atoms with van der Waals surface area (Å²) in [5, 5.41) is 23.9. The van der Waals surface area contributed by atoms with Crippen molar-refractivity contribution in [3.8, 4) is 11.8 Å². The second kappa shape index (κ2) is 11.3. The number of aliphatic hydroxyl groups is 2. The molecule has 0 aromatic carbocycles. The van der Waals surface area contributed by atoms with Gasteiger partial charge < -0.3 is 40.5 Å². The number of imidazole rings is 1. The first-order valence-corrected chi connectivity index (χ1v) is 14.2. The molecule has 15 heteroatoms. The highest BCUT2D eigenvalue weighted by Gasteiger charge is 2.48. The number of nitrogens with zero attached hydrogens (tertiary/aromatic N) is 6. The Bertz CT molecular complexity index is 1440. The second-order valence-electron chi connectivity index (χ2n) is 11.3. The topological polar surface area (TPSA) is 198 Å². The number of hydrogen-bond donors (Lipinski definition) is 4. The van der Waals surface area contributed by atoms with Gasteiger partial charge in [-0.15, -0.1) is 0 Å². The van der Waals surface area contributed by atoms with Crippen molar-refractivity contribution in [2.45, 2.75) is 75.1 Å². The summed E-state index contributed by atoms with van der Waals surface area (Å²) in [7, 11) is 1.70. The van der Waals surface area contributed by atoms with Crippen LogP contribution in [0.5, 0.6) is 0 Å². The van der Waals surface area contributed by atoms with Crippen molar-refractivity contribution in [1.82, 2.24) is 34.6 Å². The van der Waals surface area contributed by atoms with Crippen molar-refractivity contribution < 1.29 is 34.1 Å². The summed E-state index contributed by atoms with van der Waals surface area (Å²) in [6, 6.07) is 0.0375. The Morgan fingerprint density at radius 1 is 1.19 bits per heavy atom. The van der Waals surface area contributed by atoms with Crippen LogP contribution in [0.4, 0.5) is 10.6 Å². The lowest BCUT2D eigenvalue weighted by Gasteiger charge is -2.37. The van der Waals surface area contributed by atoms with Gasteiger partial charge in [0.2, 0.25) is 11.7 Å². The van der Waals surface area contributed by atoms with Crippen molar-refractivity contribution in [1.29, 1.82) is 0 Å². The number of hydrogen-bond acceptors (Lipinski definition) is 11. The van der Waals surface area contributed by atoms with E-state index in [1.54, 1.807) is 16.8 Å². The first-order valence-electron chi connectivity index (χ1n) is 14.2. The van der Waals surface area contributed by atoms with Crippen molar-refractivity contribution in [2.75, 3.05) is 32.5 Å². The van der Waals surface area contributed by atoms with Gasteiger partial charge in [-0.3, -0.25) is 14.2 Å². The van der Waals surface area contributed by atoms with Crippen LogP contribution in [0.2, 0.25) is 0 Å². The summed E-state index contributed by atoms with van der Waals surface area (Å²) >= 11 is 0. The Kier molecular flexibility index (Phi) is 7.60. The molecule has 1 saturated carbocycles. The summed E-state index contributed by atoms with van der Waals surface area (Å²) in [4.78, 5) is 52.4. The van der Waals surface area contributed by atoms with Crippen molar-refractivity contribution >= 4 is 34.9 Å². The lowest BCUT2D eigenvalue weighted by molar-refractivity contribution is -0.145. The van der Waals surface area contributed by atoms with E-state index in [-0.39, 0.29) is 59.4 Å². The van der Waals surface area contributed by atoms with Gasteiger partial charge in [-0.1, -0.05) is 5.92 Å². The van der Waals surface area contributed by atoms with Crippen LogP contribution in [0.15, 0.2) is 6.33 Å². The molecule has 224 valence electrons. The van der Waals surface area contributed by atoms with Gasteiger partial charge in [-0.05, 0) is 37.5 Å². The van der Waals surface area contributed by atoms with E-state index < -0.39 is 30.4 Å². The summed E-state index contributed by atoms with van der Waals surface area (Å²) in [5.41, 5.74) is 6.66. The summed E-state index contributed by atoms with van der Waals surface area (Å²) in [6.45, 7) is 1.34. The third-order valence-electron chi connectivity index (χ3n) is 8.36. The highest BCUT2D eigenvalue weighted by atomic mass is 16.6. The SMILES string of the molecule is CN1C(=O)CC1COC(=O)N1CCC(CC#Cc2nc(N)c3ncn([C@@H]4O[C@H](C(=O)NC5CC5)[C@@H](O)[C@H]4O)c3n2)CC1. The van der Waals surface area contributed by atoms with Crippen LogP contribution >= 0.6 is 0 Å². The van der Waals surface area contributed by atoms with Crippen LogP contribution in [0.3, 0.4) is 0 Å². The largest absolute Gasteiger partial charge is 0.447 e. The number of amides is 3. The molecular formula is C27H34N8O7. The molecule has 5 N–H and O–H groups in total. The van der Waals surface area contributed by atoms with Gasteiger partial charge >= 0.3 is 6.09 Å². The number of carbonyl (C=O) groups excluding carboxylic acids is 3. The predicted octanol–water partition coefficient (Wildman–Crippen LogP) is -0.873. The standard InChI is InChI=1S/C27H34N8O7/c1-33-16(11-18(33)36)12-41-27(40)34-9-7-14(8-10-34)3-2-4-17-31-23(28)19-24(32-17)35(13-29-19)26-21(38)20(37)22(42-26)25(39)30-15-5-6-15/h13-16,20-22,26,37-38H,3,5-12H2,1H3,(H,30,39)(H2,28,31,32)/t16?,20-,21+,22-,26+/m0/s1. The molecule has 0 radical (unpaired) electrons. The van der Waals surface area contributed by atoms with E-state index in [9.17, 15) is 24.6 Å². The zero-order valence-electron chi connectivity index (χ0n) is 23.2. The van der Waals surface area contributed by atoms with E-state index >= 15 is 0 Å². The quantitative estimate of drug-likeness (QED) is 0.244. The molecule has 2 aromatic heterocycles. The fraction of sp³-hybridized carbons (Fsp3) is 0.630. The van der Waals surface area contributed by atoms with Gasteiger partial charge in [0.1, 0.15) is 24.3 Å². The number of aromatic nitrogens is 4. The van der Waals surface area contributed by atoms with Crippen LogP contribution in [-0.4, -0.2) is 115 Å². The monoisotopic (exact) mass is 582 g/mol. The first-order chi connectivity index (χ1) is 20.2. The van der Waals surface area contributed by atoms with Gasteiger partial charge in [0, 0.05) is 32.6 Å². The maximum Gasteiger partial charge on any atom is 0.409 e. The number of nitrogens with two attached hydrogens (primary N) is 1. The Labute approximate surface area is 241 Å². The normalized spacial score (nSPS) is 27.9.